The van der Waals surface area contributed by atoms with Crippen LogP contribution in [0.3, 0.4) is 0 Å². The quantitative estimate of drug-likeness (QED) is 0.246. The van der Waals surface area contributed by atoms with Crippen LogP contribution in [-0.2, 0) is 12.2 Å². The second-order valence-electron chi connectivity index (χ2n) is 8.37. The highest BCUT2D eigenvalue weighted by Gasteiger charge is 2.30. The maximum atomic E-state index is 14.3. The molecular weight excluding hydrogens is 493 g/mol. The Hall–Kier alpha value is -2.90. The minimum atomic E-state index is -0.590. The van der Waals surface area contributed by atoms with Crippen molar-refractivity contribution < 1.29 is 17.9 Å². The standard InChI is InChI=1S/C27H22ClF3N2OS/c1-34-25-14-16(8-13-21(25)28)19-4-2-7-24-26(19)33(18-11-9-17(29)10-12-18)27(32-24)35-15-20-22(30)5-3-6-23(20)31/h3,5-6,8-14,19H,2,4,7,15H2,1H3. The molecular formula is C27H22ClF3N2OS. The van der Waals surface area contributed by atoms with E-state index in [-0.39, 0.29) is 23.1 Å². The molecule has 1 aliphatic rings. The summed E-state index contributed by atoms with van der Waals surface area (Å²) >= 11 is 7.52. The predicted octanol–water partition coefficient (Wildman–Crippen LogP) is 7.71. The summed E-state index contributed by atoms with van der Waals surface area (Å²) < 4.78 is 49.8. The molecule has 0 fully saturated rings. The molecule has 1 aromatic heterocycles. The van der Waals surface area contributed by atoms with Gasteiger partial charge in [0.25, 0.3) is 0 Å². The summed E-state index contributed by atoms with van der Waals surface area (Å²) in [4.78, 5) is 4.89. The molecule has 0 saturated carbocycles. The van der Waals surface area contributed by atoms with Gasteiger partial charge >= 0.3 is 0 Å². The number of fused-ring (bicyclic) bond motifs is 1. The molecule has 0 N–H and O–H groups in total. The molecule has 35 heavy (non-hydrogen) atoms. The number of ether oxygens (including phenoxy) is 1. The molecule has 0 bridgehead atoms. The largest absolute Gasteiger partial charge is 0.495 e. The Bertz CT molecular complexity index is 1350. The van der Waals surface area contributed by atoms with Crippen LogP contribution in [0.2, 0.25) is 5.02 Å². The van der Waals surface area contributed by atoms with Crippen LogP contribution in [0.4, 0.5) is 13.2 Å². The lowest BCUT2D eigenvalue weighted by atomic mass is 9.84. The van der Waals surface area contributed by atoms with E-state index in [9.17, 15) is 13.2 Å². The monoisotopic (exact) mass is 514 g/mol. The van der Waals surface area contributed by atoms with Crippen LogP contribution in [0.25, 0.3) is 5.69 Å². The third-order valence-corrected chi connectivity index (χ3v) is 7.54. The number of aromatic nitrogens is 2. The van der Waals surface area contributed by atoms with Gasteiger partial charge in [0, 0.05) is 22.9 Å². The van der Waals surface area contributed by atoms with Gasteiger partial charge < -0.3 is 4.74 Å². The van der Waals surface area contributed by atoms with Gasteiger partial charge in [-0.05, 0) is 73.4 Å². The van der Waals surface area contributed by atoms with Crippen molar-refractivity contribution in [1.82, 2.24) is 9.55 Å². The van der Waals surface area contributed by atoms with Crippen LogP contribution < -0.4 is 4.74 Å². The van der Waals surface area contributed by atoms with Gasteiger partial charge in [-0.2, -0.15) is 0 Å². The Morgan fingerprint density at radius 3 is 2.51 bits per heavy atom. The van der Waals surface area contributed by atoms with E-state index in [4.69, 9.17) is 21.3 Å². The van der Waals surface area contributed by atoms with Gasteiger partial charge in [0.1, 0.15) is 23.2 Å². The number of hydrogen-bond acceptors (Lipinski definition) is 3. The van der Waals surface area contributed by atoms with Crippen molar-refractivity contribution in [2.45, 2.75) is 36.1 Å². The Kier molecular flexibility index (Phi) is 6.80. The third-order valence-electron chi connectivity index (χ3n) is 6.26. The Morgan fingerprint density at radius 2 is 1.80 bits per heavy atom. The first-order valence-corrected chi connectivity index (χ1v) is 12.6. The molecule has 8 heteroatoms. The first kappa shape index (κ1) is 23.8. The second kappa shape index (κ2) is 9.99. The van der Waals surface area contributed by atoms with E-state index in [1.54, 1.807) is 19.2 Å². The Morgan fingerprint density at radius 1 is 1.06 bits per heavy atom. The lowest BCUT2D eigenvalue weighted by molar-refractivity contribution is 0.414. The SMILES string of the molecule is COc1cc(C2CCCc3nc(SCc4c(F)cccc4F)n(-c4ccc(F)cc4)c32)ccc1Cl. The molecule has 1 heterocycles. The minimum absolute atomic E-state index is 0.00187. The van der Waals surface area contributed by atoms with Crippen molar-refractivity contribution in [2.75, 3.05) is 7.11 Å². The number of imidazole rings is 1. The lowest BCUT2D eigenvalue weighted by Gasteiger charge is -2.25. The number of thioether (sulfide) groups is 1. The molecule has 4 aromatic rings. The molecule has 5 rings (SSSR count). The number of hydrogen-bond donors (Lipinski definition) is 0. The molecule has 1 unspecified atom stereocenters. The summed E-state index contributed by atoms with van der Waals surface area (Å²) in [5.41, 5.74) is 3.69. The van der Waals surface area contributed by atoms with E-state index in [0.29, 0.717) is 15.9 Å². The fourth-order valence-electron chi connectivity index (χ4n) is 4.57. The Balaban J connectivity index is 1.62. The first-order valence-electron chi connectivity index (χ1n) is 11.2. The molecule has 0 radical (unpaired) electrons. The van der Waals surface area contributed by atoms with Crippen molar-refractivity contribution in [2.24, 2.45) is 0 Å². The average Bonchev–Trinajstić information content (AvgIpc) is 3.23. The van der Waals surface area contributed by atoms with Gasteiger partial charge in [0.15, 0.2) is 5.16 Å². The number of rotatable bonds is 6. The van der Waals surface area contributed by atoms with E-state index in [2.05, 4.69) is 0 Å². The van der Waals surface area contributed by atoms with Crippen LogP contribution in [0.5, 0.6) is 5.75 Å². The minimum Gasteiger partial charge on any atom is -0.495 e. The van der Waals surface area contributed by atoms with E-state index in [0.717, 1.165) is 41.9 Å². The average molecular weight is 515 g/mol. The van der Waals surface area contributed by atoms with E-state index < -0.39 is 11.6 Å². The zero-order valence-electron chi connectivity index (χ0n) is 18.9. The number of nitrogens with zero attached hydrogens (tertiary/aromatic N) is 2. The molecule has 180 valence electrons. The zero-order valence-corrected chi connectivity index (χ0v) is 20.5. The van der Waals surface area contributed by atoms with Crippen molar-refractivity contribution in [3.63, 3.8) is 0 Å². The summed E-state index contributed by atoms with van der Waals surface area (Å²) in [5, 5.41) is 1.14. The summed E-state index contributed by atoms with van der Waals surface area (Å²) in [7, 11) is 1.58. The zero-order chi connectivity index (χ0) is 24.5. The highest BCUT2D eigenvalue weighted by molar-refractivity contribution is 7.98. The highest BCUT2D eigenvalue weighted by Crippen LogP contribution is 2.42. The van der Waals surface area contributed by atoms with Crippen LogP contribution in [-0.4, -0.2) is 16.7 Å². The van der Waals surface area contributed by atoms with Gasteiger partial charge in [0.2, 0.25) is 0 Å². The fourth-order valence-corrected chi connectivity index (χ4v) is 5.82. The number of benzene rings is 3. The summed E-state index contributed by atoms with van der Waals surface area (Å²) in [6, 6.07) is 15.8. The van der Waals surface area contributed by atoms with Crippen molar-refractivity contribution in [1.29, 1.82) is 0 Å². The van der Waals surface area contributed by atoms with Gasteiger partial charge in [-0.3, -0.25) is 4.57 Å². The third kappa shape index (κ3) is 4.67. The van der Waals surface area contributed by atoms with E-state index in [1.165, 1.54) is 42.1 Å². The fraction of sp³-hybridized carbons (Fsp3) is 0.222. The van der Waals surface area contributed by atoms with Gasteiger partial charge in [0.05, 0.1) is 23.5 Å². The van der Waals surface area contributed by atoms with Crippen LogP contribution in [0.1, 0.15) is 41.3 Å². The lowest BCUT2D eigenvalue weighted by Crippen LogP contribution is -2.15. The van der Waals surface area contributed by atoms with Crippen LogP contribution in [0, 0.1) is 17.5 Å². The topological polar surface area (TPSA) is 27.1 Å². The smallest absolute Gasteiger partial charge is 0.173 e. The maximum Gasteiger partial charge on any atom is 0.173 e. The predicted molar refractivity (Wildman–Crippen MR) is 132 cm³/mol. The first-order chi connectivity index (χ1) is 17.0. The summed E-state index contributed by atoms with van der Waals surface area (Å²) in [6.07, 6.45) is 2.61. The van der Waals surface area contributed by atoms with Gasteiger partial charge in [-0.25, -0.2) is 18.2 Å². The Labute approximate surface area is 210 Å². The van der Waals surface area contributed by atoms with Crippen molar-refractivity contribution in [3.05, 3.63) is 106 Å². The number of methoxy groups -OCH3 is 1. The van der Waals surface area contributed by atoms with Gasteiger partial charge in [-0.15, -0.1) is 0 Å². The summed E-state index contributed by atoms with van der Waals surface area (Å²) in [6.45, 7) is 0. The number of aryl methyl sites for hydroxylation is 1. The van der Waals surface area contributed by atoms with Crippen LogP contribution in [0.15, 0.2) is 65.8 Å². The molecule has 3 aromatic carbocycles. The van der Waals surface area contributed by atoms with Crippen molar-refractivity contribution in [3.8, 4) is 11.4 Å². The van der Waals surface area contributed by atoms with E-state index in [1.807, 2.05) is 22.8 Å². The molecule has 1 aliphatic carbocycles. The van der Waals surface area contributed by atoms with Crippen molar-refractivity contribution >= 4 is 23.4 Å². The molecule has 3 nitrogen and oxygen atoms in total. The van der Waals surface area contributed by atoms with Crippen LogP contribution >= 0.6 is 23.4 Å². The molecule has 0 saturated heterocycles. The second-order valence-corrected chi connectivity index (χ2v) is 9.72. The number of halogens is 4. The molecule has 0 spiro atoms. The van der Waals surface area contributed by atoms with Gasteiger partial charge in [-0.1, -0.05) is 35.5 Å². The molecule has 0 amide bonds. The highest BCUT2D eigenvalue weighted by atomic mass is 35.5. The normalized spacial score (nSPS) is 15.2. The maximum absolute atomic E-state index is 14.3. The molecule has 1 atom stereocenters. The summed E-state index contributed by atoms with van der Waals surface area (Å²) in [5.74, 6) is -0.851. The molecule has 0 aliphatic heterocycles. The van der Waals surface area contributed by atoms with E-state index >= 15 is 0 Å².